The zero-order valence-electron chi connectivity index (χ0n) is 7.21. The van der Waals surface area contributed by atoms with Gasteiger partial charge in [0.05, 0.1) is 0 Å². The van der Waals surface area contributed by atoms with Crippen LogP contribution >= 0.6 is 7.82 Å². The first-order chi connectivity index (χ1) is 6.47. The normalized spacial score (nSPS) is 16.4. The Labute approximate surface area is 80.2 Å². The second-order valence-electron chi connectivity index (χ2n) is 2.67. The highest BCUT2D eigenvalue weighted by atomic mass is 31.2. The van der Waals surface area contributed by atoms with Crippen LogP contribution in [-0.4, -0.2) is 29.3 Å². The first kappa shape index (κ1) is 11.5. The van der Waals surface area contributed by atoms with E-state index in [9.17, 15) is 9.36 Å². The number of hydrogen-bond donors (Lipinski definition) is 2. The lowest BCUT2D eigenvalue weighted by molar-refractivity contribution is -0.00293. The highest BCUT2D eigenvalue weighted by molar-refractivity contribution is 7.46. The SMILES string of the molecule is O=C(OCOP(=O)(O)O)OC[C]1CC1. The van der Waals surface area contributed by atoms with Crippen molar-refractivity contribution in [1.29, 1.82) is 0 Å². The molecular formula is C6H10O7P. The molecule has 1 aliphatic rings. The van der Waals surface area contributed by atoms with Crippen LogP contribution in [0.1, 0.15) is 12.8 Å². The molecule has 1 rings (SSSR count). The van der Waals surface area contributed by atoms with Gasteiger partial charge in [0.2, 0.25) is 6.79 Å². The Hall–Kier alpha value is -0.620. The molecule has 1 saturated carbocycles. The van der Waals surface area contributed by atoms with Crippen molar-refractivity contribution in [1.82, 2.24) is 0 Å². The van der Waals surface area contributed by atoms with Gasteiger partial charge in [-0.2, -0.15) is 0 Å². The minimum absolute atomic E-state index is 0.203. The molecule has 0 spiro atoms. The lowest BCUT2D eigenvalue weighted by Crippen LogP contribution is -2.10. The molecule has 0 aromatic rings. The van der Waals surface area contributed by atoms with Crippen LogP contribution in [0.3, 0.4) is 0 Å². The van der Waals surface area contributed by atoms with Gasteiger partial charge in [0.15, 0.2) is 0 Å². The summed E-state index contributed by atoms with van der Waals surface area (Å²) in [6.07, 6.45) is 0.899. The highest BCUT2D eigenvalue weighted by Gasteiger charge is 2.24. The zero-order chi connectivity index (χ0) is 10.6. The van der Waals surface area contributed by atoms with E-state index in [4.69, 9.17) is 9.79 Å². The summed E-state index contributed by atoms with van der Waals surface area (Å²) in [5, 5.41) is 0. The summed E-state index contributed by atoms with van der Waals surface area (Å²) in [4.78, 5) is 27.1. The third-order valence-electron chi connectivity index (χ3n) is 1.40. The van der Waals surface area contributed by atoms with E-state index in [1.807, 2.05) is 0 Å². The van der Waals surface area contributed by atoms with E-state index in [2.05, 4.69) is 14.0 Å². The van der Waals surface area contributed by atoms with Crippen LogP contribution in [0.25, 0.3) is 0 Å². The maximum absolute atomic E-state index is 10.7. The zero-order valence-corrected chi connectivity index (χ0v) is 8.11. The Bertz CT molecular complexity index is 243. The van der Waals surface area contributed by atoms with Gasteiger partial charge in [-0.1, -0.05) is 0 Å². The van der Waals surface area contributed by atoms with Crippen molar-refractivity contribution in [2.75, 3.05) is 13.4 Å². The molecule has 1 radical (unpaired) electrons. The minimum atomic E-state index is -4.59. The maximum Gasteiger partial charge on any atom is 0.510 e. The van der Waals surface area contributed by atoms with Crippen molar-refractivity contribution < 1.29 is 33.1 Å². The molecule has 81 valence electrons. The van der Waals surface area contributed by atoms with Gasteiger partial charge < -0.3 is 19.3 Å². The molecule has 14 heavy (non-hydrogen) atoms. The van der Waals surface area contributed by atoms with Gasteiger partial charge in [0.1, 0.15) is 6.61 Å². The summed E-state index contributed by atoms with van der Waals surface area (Å²) in [6, 6.07) is 0. The molecule has 0 aromatic carbocycles. The predicted octanol–water partition coefficient (Wildman–Crippen LogP) is 0.575. The van der Waals surface area contributed by atoms with E-state index in [0.717, 1.165) is 18.8 Å². The summed E-state index contributed by atoms with van der Waals surface area (Å²) in [5.41, 5.74) is 0. The van der Waals surface area contributed by atoms with Gasteiger partial charge in [0, 0.05) is 5.92 Å². The van der Waals surface area contributed by atoms with Crippen LogP contribution in [0.15, 0.2) is 0 Å². The monoisotopic (exact) mass is 225 g/mol. The summed E-state index contributed by atoms with van der Waals surface area (Å²) in [7, 11) is -4.59. The molecule has 0 unspecified atom stereocenters. The van der Waals surface area contributed by atoms with Crippen LogP contribution in [-0.2, 0) is 18.6 Å². The Balaban J connectivity index is 1.99. The van der Waals surface area contributed by atoms with Crippen LogP contribution in [0.2, 0.25) is 0 Å². The van der Waals surface area contributed by atoms with Crippen LogP contribution < -0.4 is 0 Å². The Morgan fingerprint density at radius 1 is 1.36 bits per heavy atom. The smallest absolute Gasteiger partial charge is 0.434 e. The van der Waals surface area contributed by atoms with Crippen molar-refractivity contribution in [3.05, 3.63) is 5.92 Å². The van der Waals surface area contributed by atoms with E-state index >= 15 is 0 Å². The largest absolute Gasteiger partial charge is 0.510 e. The maximum atomic E-state index is 10.7. The molecule has 0 bridgehead atoms. The van der Waals surface area contributed by atoms with Crippen molar-refractivity contribution in [3.8, 4) is 0 Å². The topological polar surface area (TPSA) is 102 Å². The Morgan fingerprint density at radius 2 is 2.00 bits per heavy atom. The van der Waals surface area contributed by atoms with Gasteiger partial charge in [-0.25, -0.2) is 13.9 Å². The Morgan fingerprint density at radius 3 is 2.50 bits per heavy atom. The number of phosphoric ester groups is 1. The van der Waals surface area contributed by atoms with E-state index in [1.165, 1.54) is 0 Å². The second kappa shape index (κ2) is 4.75. The van der Waals surface area contributed by atoms with Crippen LogP contribution in [0, 0.1) is 5.92 Å². The number of carbonyl (C=O) groups excluding carboxylic acids is 1. The quantitative estimate of drug-likeness (QED) is 0.400. The van der Waals surface area contributed by atoms with Gasteiger partial charge in [-0.05, 0) is 12.8 Å². The first-order valence-corrected chi connectivity index (χ1v) is 5.33. The highest BCUT2D eigenvalue weighted by Crippen LogP contribution is 2.35. The van der Waals surface area contributed by atoms with E-state index in [-0.39, 0.29) is 6.61 Å². The molecular weight excluding hydrogens is 215 g/mol. The van der Waals surface area contributed by atoms with Crippen molar-refractivity contribution in [2.45, 2.75) is 12.8 Å². The molecule has 0 aromatic heterocycles. The fraction of sp³-hybridized carbons (Fsp3) is 0.667. The summed E-state index contributed by atoms with van der Waals surface area (Å²) < 4.78 is 22.7. The number of ether oxygens (including phenoxy) is 2. The average Bonchev–Trinajstić information content (AvgIpc) is 2.81. The molecule has 7 nitrogen and oxygen atoms in total. The number of carbonyl (C=O) groups is 1. The van der Waals surface area contributed by atoms with Crippen LogP contribution in [0.4, 0.5) is 4.79 Å². The fourth-order valence-corrected chi connectivity index (χ4v) is 0.769. The molecule has 1 fully saturated rings. The third-order valence-corrected chi connectivity index (χ3v) is 1.84. The van der Waals surface area contributed by atoms with E-state index < -0.39 is 20.8 Å². The molecule has 0 heterocycles. The van der Waals surface area contributed by atoms with E-state index in [0.29, 0.717) is 0 Å². The summed E-state index contributed by atoms with van der Waals surface area (Å²) >= 11 is 0. The summed E-state index contributed by atoms with van der Waals surface area (Å²) in [5.74, 6) is 1.11. The van der Waals surface area contributed by atoms with Gasteiger partial charge in [-0.3, -0.25) is 0 Å². The predicted molar refractivity (Wildman–Crippen MR) is 42.9 cm³/mol. The molecule has 2 N–H and O–H groups in total. The number of rotatable bonds is 5. The van der Waals surface area contributed by atoms with Gasteiger partial charge in [0.25, 0.3) is 0 Å². The standard InChI is InChI=1S/C6H10O7P/c7-6(11-3-5-1-2-5)12-4-13-14(8,9)10/h1-4H2,(H2,8,9,10). The van der Waals surface area contributed by atoms with Crippen molar-refractivity contribution in [2.24, 2.45) is 0 Å². The number of phosphoric acid groups is 1. The van der Waals surface area contributed by atoms with Gasteiger partial charge in [-0.15, -0.1) is 0 Å². The third kappa shape index (κ3) is 5.93. The van der Waals surface area contributed by atoms with Crippen molar-refractivity contribution >= 4 is 14.0 Å². The molecule has 1 aliphatic carbocycles. The van der Waals surface area contributed by atoms with Crippen molar-refractivity contribution in [3.63, 3.8) is 0 Å². The number of hydrogen-bond acceptors (Lipinski definition) is 5. The molecule has 0 aliphatic heterocycles. The second-order valence-corrected chi connectivity index (χ2v) is 3.91. The lowest BCUT2D eigenvalue weighted by atomic mass is 10.5. The van der Waals surface area contributed by atoms with E-state index in [1.54, 1.807) is 0 Å². The minimum Gasteiger partial charge on any atom is -0.434 e. The molecule has 0 amide bonds. The average molecular weight is 225 g/mol. The fourth-order valence-electron chi connectivity index (χ4n) is 0.579. The lowest BCUT2D eigenvalue weighted by Gasteiger charge is -2.06. The summed E-state index contributed by atoms with van der Waals surface area (Å²) in [6.45, 7) is -0.618. The molecule has 0 saturated heterocycles. The Kier molecular flexibility index (Phi) is 3.88. The van der Waals surface area contributed by atoms with Crippen LogP contribution in [0.5, 0.6) is 0 Å². The van der Waals surface area contributed by atoms with Gasteiger partial charge >= 0.3 is 14.0 Å². The molecule has 0 atom stereocenters. The molecule has 8 heteroatoms. The first-order valence-electron chi connectivity index (χ1n) is 3.80.